The summed E-state index contributed by atoms with van der Waals surface area (Å²) in [5.74, 6) is 0.708. The molecule has 1 fully saturated rings. The lowest BCUT2D eigenvalue weighted by atomic mass is 9.96. The molecule has 1 saturated carbocycles. The van der Waals surface area contributed by atoms with Gasteiger partial charge in [-0.2, -0.15) is 0 Å². The molecule has 0 aliphatic heterocycles. The second-order valence-electron chi connectivity index (χ2n) is 8.29. The van der Waals surface area contributed by atoms with E-state index in [2.05, 4.69) is 42.6 Å². The molecule has 4 nitrogen and oxygen atoms in total. The van der Waals surface area contributed by atoms with E-state index in [1.165, 1.54) is 18.4 Å². The Morgan fingerprint density at radius 2 is 1.87 bits per heavy atom. The molecule has 1 amide bonds. The van der Waals surface area contributed by atoms with Gasteiger partial charge in [0.15, 0.2) is 0 Å². The number of carbonyl (C=O) groups excluding carboxylic acids is 1. The molecule has 4 rings (SSSR count). The van der Waals surface area contributed by atoms with E-state index in [0.29, 0.717) is 6.04 Å². The van der Waals surface area contributed by atoms with Crippen molar-refractivity contribution < 1.29 is 13.9 Å². The fraction of sp³-hybridized carbons (Fsp3) is 0.346. The third kappa shape index (κ3) is 3.87. The van der Waals surface area contributed by atoms with Gasteiger partial charge >= 0.3 is 0 Å². The number of fused-ring (bicyclic) bond motifs is 1. The Bertz CT molecular complexity index is 1100. The second kappa shape index (κ2) is 8.39. The highest BCUT2D eigenvalue weighted by Crippen LogP contribution is 2.40. The van der Waals surface area contributed by atoms with Gasteiger partial charge in [0.25, 0.3) is 0 Å². The molecule has 0 bridgehead atoms. The van der Waals surface area contributed by atoms with Crippen molar-refractivity contribution in [3.8, 4) is 16.9 Å². The van der Waals surface area contributed by atoms with Gasteiger partial charge in [0.05, 0.1) is 13.4 Å². The van der Waals surface area contributed by atoms with Crippen LogP contribution in [0.2, 0.25) is 0 Å². The summed E-state index contributed by atoms with van der Waals surface area (Å²) in [7, 11) is 1.66. The highest BCUT2D eigenvalue weighted by atomic mass is 16.5. The van der Waals surface area contributed by atoms with Gasteiger partial charge in [-0.05, 0) is 50.8 Å². The first-order valence-electron chi connectivity index (χ1n) is 10.6. The molecule has 0 spiro atoms. The van der Waals surface area contributed by atoms with Crippen LogP contribution in [0, 0.1) is 13.8 Å². The third-order valence-electron chi connectivity index (χ3n) is 6.08. The maximum atomic E-state index is 12.6. The molecule has 1 aliphatic rings. The summed E-state index contributed by atoms with van der Waals surface area (Å²) < 4.78 is 11.7. The number of allylic oxidation sites excluding steroid dienone is 1. The average molecular weight is 404 g/mol. The van der Waals surface area contributed by atoms with Crippen LogP contribution < -0.4 is 10.1 Å². The predicted octanol–water partition coefficient (Wildman–Crippen LogP) is 6.19. The number of hydrogen-bond donors (Lipinski definition) is 1. The smallest absolute Gasteiger partial charge is 0.244 e. The highest BCUT2D eigenvalue weighted by molar-refractivity contribution is 6.01. The van der Waals surface area contributed by atoms with Gasteiger partial charge in [-0.3, -0.25) is 4.79 Å². The summed E-state index contributed by atoms with van der Waals surface area (Å²) in [4.78, 5) is 12.6. The SMILES string of the molecule is COc1c(/C(C)=C/C(=O)NC2CCCC2)cc2c(-c3ccc(C)cc3)coc2c1C. The lowest BCUT2D eigenvalue weighted by molar-refractivity contribution is -0.117. The first-order valence-corrected chi connectivity index (χ1v) is 10.6. The third-order valence-corrected chi connectivity index (χ3v) is 6.08. The maximum Gasteiger partial charge on any atom is 0.244 e. The molecule has 0 unspecified atom stereocenters. The van der Waals surface area contributed by atoms with Crippen molar-refractivity contribution in [2.75, 3.05) is 7.11 Å². The number of ether oxygens (including phenoxy) is 1. The normalized spacial score (nSPS) is 15.0. The number of hydrogen-bond acceptors (Lipinski definition) is 3. The Morgan fingerprint density at radius 1 is 1.17 bits per heavy atom. The van der Waals surface area contributed by atoms with E-state index in [9.17, 15) is 4.79 Å². The van der Waals surface area contributed by atoms with Crippen molar-refractivity contribution in [1.82, 2.24) is 5.32 Å². The largest absolute Gasteiger partial charge is 0.496 e. The zero-order chi connectivity index (χ0) is 21.3. The summed E-state index contributed by atoms with van der Waals surface area (Å²) in [5, 5.41) is 4.16. The Morgan fingerprint density at radius 3 is 2.53 bits per heavy atom. The van der Waals surface area contributed by atoms with Crippen LogP contribution >= 0.6 is 0 Å². The zero-order valence-electron chi connectivity index (χ0n) is 18.2. The molecule has 4 heteroatoms. The number of aryl methyl sites for hydroxylation is 2. The van der Waals surface area contributed by atoms with Crippen LogP contribution in [-0.4, -0.2) is 19.1 Å². The van der Waals surface area contributed by atoms with Gasteiger partial charge in [0, 0.05) is 34.2 Å². The Labute approximate surface area is 177 Å². The summed E-state index contributed by atoms with van der Waals surface area (Å²) in [6.07, 6.45) is 8.02. The van der Waals surface area contributed by atoms with Crippen LogP contribution in [0.4, 0.5) is 0 Å². The van der Waals surface area contributed by atoms with Crippen molar-refractivity contribution in [1.29, 1.82) is 0 Å². The molecule has 1 aromatic heterocycles. The van der Waals surface area contributed by atoms with Gasteiger partial charge in [0.2, 0.25) is 5.91 Å². The van der Waals surface area contributed by atoms with Crippen molar-refractivity contribution >= 4 is 22.4 Å². The Balaban J connectivity index is 1.76. The van der Waals surface area contributed by atoms with Crippen LogP contribution in [0.1, 0.15) is 49.3 Å². The standard InChI is InChI=1S/C26H29NO3/c1-16-9-11-19(12-10-16)23-15-30-26-18(3)25(29-4)21(14-22(23)26)17(2)13-24(28)27-20-7-5-6-8-20/h9-15,20H,5-8H2,1-4H3,(H,27,28)/b17-13+. The summed E-state index contributed by atoms with van der Waals surface area (Å²) >= 11 is 0. The number of benzene rings is 2. The molecule has 0 radical (unpaired) electrons. The van der Waals surface area contributed by atoms with E-state index in [0.717, 1.165) is 57.4 Å². The highest BCUT2D eigenvalue weighted by Gasteiger charge is 2.20. The Hall–Kier alpha value is -3.01. The molecule has 0 saturated heterocycles. The molecule has 156 valence electrons. The molecule has 3 aromatic rings. The minimum atomic E-state index is -0.0369. The van der Waals surface area contributed by atoms with E-state index in [1.54, 1.807) is 19.4 Å². The van der Waals surface area contributed by atoms with Gasteiger partial charge in [0.1, 0.15) is 11.3 Å². The average Bonchev–Trinajstić information content (AvgIpc) is 3.38. The number of carbonyl (C=O) groups is 1. The number of methoxy groups -OCH3 is 1. The van der Waals surface area contributed by atoms with E-state index in [1.807, 2.05) is 13.8 Å². The lowest BCUT2D eigenvalue weighted by Gasteiger charge is -2.14. The van der Waals surface area contributed by atoms with Crippen LogP contribution in [-0.2, 0) is 4.79 Å². The van der Waals surface area contributed by atoms with Gasteiger partial charge in [-0.15, -0.1) is 0 Å². The fourth-order valence-electron chi connectivity index (χ4n) is 4.42. The quantitative estimate of drug-likeness (QED) is 0.517. The van der Waals surface area contributed by atoms with E-state index in [4.69, 9.17) is 9.15 Å². The minimum absolute atomic E-state index is 0.0369. The first-order chi connectivity index (χ1) is 14.5. The molecular weight excluding hydrogens is 374 g/mol. The molecule has 1 aliphatic carbocycles. The van der Waals surface area contributed by atoms with Crippen molar-refractivity contribution in [3.05, 3.63) is 59.4 Å². The van der Waals surface area contributed by atoms with E-state index < -0.39 is 0 Å². The molecule has 1 N–H and O–H groups in total. The van der Waals surface area contributed by atoms with Crippen LogP contribution in [0.5, 0.6) is 5.75 Å². The minimum Gasteiger partial charge on any atom is -0.496 e. The molecule has 0 atom stereocenters. The topological polar surface area (TPSA) is 51.5 Å². The van der Waals surface area contributed by atoms with Crippen molar-refractivity contribution in [3.63, 3.8) is 0 Å². The van der Waals surface area contributed by atoms with Crippen molar-refractivity contribution in [2.45, 2.75) is 52.5 Å². The lowest BCUT2D eigenvalue weighted by Crippen LogP contribution is -2.31. The van der Waals surface area contributed by atoms with Crippen LogP contribution in [0.15, 0.2) is 47.1 Å². The molecule has 30 heavy (non-hydrogen) atoms. The molecule has 1 heterocycles. The zero-order valence-corrected chi connectivity index (χ0v) is 18.2. The van der Waals surface area contributed by atoms with Crippen LogP contribution in [0.3, 0.4) is 0 Å². The number of rotatable bonds is 5. The number of amides is 1. The predicted molar refractivity (Wildman–Crippen MR) is 122 cm³/mol. The summed E-state index contributed by atoms with van der Waals surface area (Å²) in [6.45, 7) is 6.04. The maximum absolute atomic E-state index is 12.6. The second-order valence-corrected chi connectivity index (χ2v) is 8.29. The Kier molecular flexibility index (Phi) is 5.67. The molecule has 2 aromatic carbocycles. The van der Waals surface area contributed by atoms with Gasteiger partial charge < -0.3 is 14.5 Å². The van der Waals surface area contributed by atoms with Gasteiger partial charge in [-0.1, -0.05) is 42.7 Å². The van der Waals surface area contributed by atoms with E-state index in [-0.39, 0.29) is 5.91 Å². The summed E-state index contributed by atoms with van der Waals surface area (Å²) in [5.41, 5.74) is 6.91. The fourth-order valence-corrected chi connectivity index (χ4v) is 4.42. The van der Waals surface area contributed by atoms with Crippen LogP contribution in [0.25, 0.3) is 27.7 Å². The number of nitrogens with one attached hydrogen (secondary N) is 1. The van der Waals surface area contributed by atoms with Crippen molar-refractivity contribution in [2.24, 2.45) is 0 Å². The van der Waals surface area contributed by atoms with E-state index >= 15 is 0 Å². The van der Waals surface area contributed by atoms with Gasteiger partial charge in [-0.25, -0.2) is 0 Å². The monoisotopic (exact) mass is 403 g/mol. The summed E-state index contributed by atoms with van der Waals surface area (Å²) in [6, 6.07) is 10.8. The first kappa shape index (κ1) is 20.3. The molecular formula is C26H29NO3. The number of furan rings is 1.